The Morgan fingerprint density at radius 2 is 2.36 bits per heavy atom. The van der Waals surface area contributed by atoms with E-state index >= 15 is 0 Å². The fourth-order valence-corrected chi connectivity index (χ4v) is 1.81. The van der Waals surface area contributed by atoms with Crippen molar-refractivity contribution in [3.63, 3.8) is 0 Å². The zero-order valence-electron chi connectivity index (χ0n) is 7.44. The van der Waals surface area contributed by atoms with Gasteiger partial charge in [-0.1, -0.05) is 28.1 Å². The molecule has 2 atom stereocenters. The number of nitro groups is 1. The van der Waals surface area contributed by atoms with E-state index in [-0.39, 0.29) is 0 Å². The van der Waals surface area contributed by atoms with E-state index in [1.54, 1.807) is 0 Å². The van der Waals surface area contributed by atoms with Crippen molar-refractivity contribution >= 4 is 15.9 Å². The first kappa shape index (κ1) is 9.61. The van der Waals surface area contributed by atoms with Gasteiger partial charge >= 0.3 is 5.72 Å². The van der Waals surface area contributed by atoms with Crippen LogP contribution in [-0.4, -0.2) is 10.6 Å². The lowest BCUT2D eigenvalue weighted by atomic mass is 10.1. The number of halogens is 1. The van der Waals surface area contributed by atoms with Crippen molar-refractivity contribution in [1.29, 1.82) is 0 Å². The van der Waals surface area contributed by atoms with Crippen LogP contribution >= 0.6 is 15.9 Å². The molecule has 0 spiro atoms. The quantitative estimate of drug-likeness (QED) is 0.465. The number of epoxide rings is 1. The number of benzene rings is 1. The lowest BCUT2D eigenvalue weighted by molar-refractivity contribution is -0.558. The molecule has 0 radical (unpaired) electrons. The maximum Gasteiger partial charge on any atom is 0.353 e. The molecular weight excluding hydrogens is 250 g/mol. The highest BCUT2D eigenvalue weighted by Crippen LogP contribution is 2.49. The first-order valence-electron chi connectivity index (χ1n) is 4.12. The molecule has 0 aromatic heterocycles. The van der Waals surface area contributed by atoms with Gasteiger partial charge in [0.25, 0.3) is 0 Å². The van der Waals surface area contributed by atoms with E-state index in [1.807, 2.05) is 24.3 Å². The lowest BCUT2D eigenvalue weighted by Crippen LogP contribution is -2.19. The lowest BCUT2D eigenvalue weighted by Gasteiger charge is -1.97. The van der Waals surface area contributed by atoms with Gasteiger partial charge in [0.2, 0.25) is 0 Å². The summed E-state index contributed by atoms with van der Waals surface area (Å²) >= 11 is 3.31. The zero-order chi connectivity index (χ0) is 10.3. The van der Waals surface area contributed by atoms with Gasteiger partial charge in [-0.3, -0.25) is 14.9 Å². The standard InChI is InChI=1S/C9H8BrNO3/c1-9(11(12)13)8(14-9)6-3-2-4-7(10)5-6/h2-5,8H,1H3/t8-,9+/m0/s1. The van der Waals surface area contributed by atoms with Gasteiger partial charge in [-0.2, -0.15) is 0 Å². The fourth-order valence-electron chi connectivity index (χ4n) is 1.39. The molecule has 2 rings (SSSR count). The van der Waals surface area contributed by atoms with Crippen LogP contribution in [0.5, 0.6) is 0 Å². The van der Waals surface area contributed by atoms with Crippen molar-refractivity contribution in [1.82, 2.24) is 0 Å². The van der Waals surface area contributed by atoms with Crippen molar-refractivity contribution < 1.29 is 9.66 Å². The van der Waals surface area contributed by atoms with Crippen LogP contribution in [0.1, 0.15) is 18.6 Å². The summed E-state index contributed by atoms with van der Waals surface area (Å²) in [5, 5.41) is 10.6. The van der Waals surface area contributed by atoms with E-state index in [4.69, 9.17) is 4.74 Å². The molecule has 0 bridgehead atoms. The first-order chi connectivity index (χ1) is 6.54. The number of hydrogen-bond acceptors (Lipinski definition) is 3. The largest absolute Gasteiger partial charge is 0.353 e. The van der Waals surface area contributed by atoms with E-state index in [0.29, 0.717) is 0 Å². The van der Waals surface area contributed by atoms with Gasteiger partial charge < -0.3 is 0 Å². The van der Waals surface area contributed by atoms with Crippen LogP contribution in [0.15, 0.2) is 28.7 Å². The molecule has 0 amide bonds. The van der Waals surface area contributed by atoms with Crippen molar-refractivity contribution in [2.24, 2.45) is 0 Å². The van der Waals surface area contributed by atoms with E-state index in [2.05, 4.69) is 15.9 Å². The zero-order valence-corrected chi connectivity index (χ0v) is 9.02. The number of rotatable bonds is 2. The van der Waals surface area contributed by atoms with Gasteiger partial charge in [-0.15, -0.1) is 0 Å². The van der Waals surface area contributed by atoms with Gasteiger partial charge in [0, 0.05) is 11.4 Å². The summed E-state index contributed by atoms with van der Waals surface area (Å²) in [6.07, 6.45) is -0.421. The second-order valence-corrected chi connectivity index (χ2v) is 4.28. The first-order valence-corrected chi connectivity index (χ1v) is 4.91. The number of hydrogen-bond donors (Lipinski definition) is 0. The fraction of sp³-hybridized carbons (Fsp3) is 0.333. The van der Waals surface area contributed by atoms with Crippen LogP contribution in [0.25, 0.3) is 0 Å². The number of nitrogens with zero attached hydrogens (tertiary/aromatic N) is 1. The van der Waals surface area contributed by atoms with Gasteiger partial charge in [0.15, 0.2) is 6.10 Å². The average molecular weight is 258 g/mol. The summed E-state index contributed by atoms with van der Waals surface area (Å²) in [5.74, 6) is 0. The molecule has 1 fully saturated rings. The Labute approximate surface area is 89.2 Å². The second-order valence-electron chi connectivity index (χ2n) is 3.36. The minimum Gasteiger partial charge on any atom is -0.294 e. The summed E-state index contributed by atoms with van der Waals surface area (Å²) in [7, 11) is 0. The van der Waals surface area contributed by atoms with Crippen LogP contribution in [0.3, 0.4) is 0 Å². The molecule has 0 unspecified atom stereocenters. The van der Waals surface area contributed by atoms with Crippen LogP contribution < -0.4 is 0 Å². The van der Waals surface area contributed by atoms with Gasteiger partial charge in [0.05, 0.1) is 4.92 Å². The summed E-state index contributed by atoms with van der Waals surface area (Å²) in [6, 6.07) is 7.36. The predicted molar refractivity (Wildman–Crippen MR) is 53.4 cm³/mol. The molecule has 74 valence electrons. The SMILES string of the molecule is C[C@@]1([N+](=O)[O-])O[C@H]1c1cccc(Br)c1. The maximum atomic E-state index is 10.6. The molecule has 1 heterocycles. The Hall–Kier alpha value is -0.940. The van der Waals surface area contributed by atoms with Crippen molar-refractivity contribution in [2.75, 3.05) is 0 Å². The van der Waals surface area contributed by atoms with Gasteiger partial charge in [0.1, 0.15) is 0 Å². The summed E-state index contributed by atoms with van der Waals surface area (Å²) < 4.78 is 5.99. The Balaban J connectivity index is 2.25. The molecule has 4 nitrogen and oxygen atoms in total. The normalized spacial score (nSPS) is 30.0. The van der Waals surface area contributed by atoms with Crippen molar-refractivity contribution in [2.45, 2.75) is 18.8 Å². The third kappa shape index (κ3) is 1.42. The summed E-state index contributed by atoms with van der Waals surface area (Å²) in [5.41, 5.74) is -0.403. The van der Waals surface area contributed by atoms with E-state index < -0.39 is 16.8 Å². The molecular formula is C9H8BrNO3. The molecule has 5 heteroatoms. The third-order valence-corrected chi connectivity index (χ3v) is 2.79. The van der Waals surface area contributed by atoms with Crippen LogP contribution in [0.2, 0.25) is 0 Å². The van der Waals surface area contributed by atoms with Gasteiger partial charge in [-0.05, 0) is 17.7 Å². The molecule has 0 saturated carbocycles. The maximum absolute atomic E-state index is 10.6. The highest BCUT2D eigenvalue weighted by atomic mass is 79.9. The van der Waals surface area contributed by atoms with Crippen molar-refractivity contribution in [3.05, 3.63) is 44.4 Å². The highest BCUT2D eigenvalue weighted by Gasteiger charge is 2.65. The highest BCUT2D eigenvalue weighted by molar-refractivity contribution is 9.10. The second kappa shape index (κ2) is 3.03. The molecule has 1 aromatic rings. The Kier molecular flexibility index (Phi) is 2.08. The molecule has 1 aliphatic rings. The molecule has 1 aromatic carbocycles. The number of ether oxygens (including phenoxy) is 1. The Morgan fingerprint density at radius 3 is 2.86 bits per heavy atom. The smallest absolute Gasteiger partial charge is 0.294 e. The molecule has 1 aliphatic heterocycles. The summed E-state index contributed by atoms with van der Waals surface area (Å²) in [4.78, 5) is 10.2. The average Bonchev–Trinajstić information content (AvgIpc) is 2.80. The molecule has 0 aliphatic carbocycles. The minimum atomic E-state index is -1.24. The van der Waals surface area contributed by atoms with E-state index in [1.165, 1.54) is 6.92 Å². The van der Waals surface area contributed by atoms with Crippen LogP contribution in [0, 0.1) is 10.1 Å². The predicted octanol–water partition coefficient (Wildman–Crippen LogP) is 2.51. The third-order valence-electron chi connectivity index (χ3n) is 2.30. The Morgan fingerprint density at radius 1 is 1.64 bits per heavy atom. The van der Waals surface area contributed by atoms with Crippen LogP contribution in [-0.2, 0) is 4.74 Å². The minimum absolute atomic E-state index is 0.390. The topological polar surface area (TPSA) is 55.7 Å². The van der Waals surface area contributed by atoms with Gasteiger partial charge in [-0.25, -0.2) is 0 Å². The Bertz CT molecular complexity index is 395. The van der Waals surface area contributed by atoms with E-state index in [0.717, 1.165) is 10.0 Å². The van der Waals surface area contributed by atoms with Crippen LogP contribution in [0.4, 0.5) is 0 Å². The molecule has 0 N–H and O–H groups in total. The van der Waals surface area contributed by atoms with E-state index in [9.17, 15) is 10.1 Å². The molecule has 1 saturated heterocycles. The monoisotopic (exact) mass is 257 g/mol. The summed E-state index contributed by atoms with van der Waals surface area (Å²) in [6.45, 7) is 1.48. The van der Waals surface area contributed by atoms with Crippen molar-refractivity contribution in [3.8, 4) is 0 Å². The molecule has 14 heavy (non-hydrogen) atoms.